The Bertz CT molecular complexity index is 350. The van der Waals surface area contributed by atoms with Gasteiger partial charge in [-0.25, -0.2) is 9.78 Å². The number of aromatic nitrogens is 1. The summed E-state index contributed by atoms with van der Waals surface area (Å²) < 4.78 is 0. The van der Waals surface area contributed by atoms with Crippen molar-refractivity contribution in [3.8, 4) is 0 Å². The van der Waals surface area contributed by atoms with Gasteiger partial charge in [0, 0.05) is 32.4 Å². The van der Waals surface area contributed by atoms with Gasteiger partial charge in [0.05, 0.1) is 5.56 Å². The van der Waals surface area contributed by atoms with E-state index in [0.29, 0.717) is 0 Å². The predicted octanol–water partition coefficient (Wildman–Crippen LogP) is -0.459. The van der Waals surface area contributed by atoms with E-state index in [0.717, 1.165) is 32.0 Å². The number of aromatic carboxylic acids is 1. The summed E-state index contributed by atoms with van der Waals surface area (Å²) in [5, 5.41) is 12.0. The molecular weight excluding hydrogens is 233 g/mol. The molecule has 2 heterocycles. The van der Waals surface area contributed by atoms with Crippen molar-refractivity contribution in [2.24, 2.45) is 0 Å². The third-order valence-electron chi connectivity index (χ3n) is 2.44. The molecule has 0 aliphatic carbocycles. The standard InChI is InChI=1S/C10H13N3O2.K.H/c14-10(15)8-1-2-9(12-7-8)13-5-3-11-4-6-13;;/h1-2,7,11H,3-6H2,(H,14,15);;. The number of hydrogen-bond donors (Lipinski definition) is 2. The van der Waals surface area contributed by atoms with Crippen LogP contribution in [0.1, 0.15) is 10.4 Å². The molecule has 16 heavy (non-hydrogen) atoms. The summed E-state index contributed by atoms with van der Waals surface area (Å²) in [6, 6.07) is 3.35. The molecule has 0 aromatic carbocycles. The van der Waals surface area contributed by atoms with Crippen LogP contribution in [0.25, 0.3) is 0 Å². The molecule has 0 atom stereocenters. The van der Waals surface area contributed by atoms with Gasteiger partial charge in [-0.1, -0.05) is 0 Å². The molecule has 0 radical (unpaired) electrons. The van der Waals surface area contributed by atoms with Crippen molar-refractivity contribution in [3.63, 3.8) is 0 Å². The van der Waals surface area contributed by atoms with Gasteiger partial charge in [-0.05, 0) is 12.1 Å². The molecule has 0 unspecified atom stereocenters. The van der Waals surface area contributed by atoms with E-state index in [1.807, 2.05) is 0 Å². The van der Waals surface area contributed by atoms with Gasteiger partial charge in [0.15, 0.2) is 0 Å². The van der Waals surface area contributed by atoms with Crippen molar-refractivity contribution >= 4 is 63.2 Å². The van der Waals surface area contributed by atoms with E-state index in [4.69, 9.17) is 5.11 Å². The van der Waals surface area contributed by atoms with E-state index in [2.05, 4.69) is 15.2 Å². The summed E-state index contributed by atoms with van der Waals surface area (Å²) in [4.78, 5) is 16.9. The van der Waals surface area contributed by atoms with Crippen LogP contribution in [0, 0.1) is 0 Å². The first-order valence-corrected chi connectivity index (χ1v) is 4.92. The predicted molar refractivity (Wildman–Crippen MR) is 63.4 cm³/mol. The van der Waals surface area contributed by atoms with Gasteiger partial charge in [0.1, 0.15) is 5.82 Å². The average molecular weight is 247 g/mol. The van der Waals surface area contributed by atoms with Crippen molar-refractivity contribution in [2.45, 2.75) is 0 Å². The Balaban J connectivity index is 0.00000128. The van der Waals surface area contributed by atoms with Crippen LogP contribution in [0.15, 0.2) is 18.3 Å². The van der Waals surface area contributed by atoms with Crippen molar-refractivity contribution in [3.05, 3.63) is 23.9 Å². The fraction of sp³-hybridized carbons (Fsp3) is 0.400. The number of nitrogens with zero attached hydrogens (tertiary/aromatic N) is 2. The molecule has 2 rings (SSSR count). The zero-order chi connectivity index (χ0) is 10.7. The number of carbonyl (C=O) groups is 1. The monoisotopic (exact) mass is 247 g/mol. The Morgan fingerprint density at radius 2 is 2.06 bits per heavy atom. The summed E-state index contributed by atoms with van der Waals surface area (Å²) in [7, 11) is 0. The van der Waals surface area contributed by atoms with Gasteiger partial charge in [-0.2, -0.15) is 0 Å². The van der Waals surface area contributed by atoms with Crippen LogP contribution < -0.4 is 10.2 Å². The Morgan fingerprint density at radius 1 is 1.38 bits per heavy atom. The summed E-state index contributed by atoms with van der Waals surface area (Å²) in [6.45, 7) is 3.73. The van der Waals surface area contributed by atoms with Crippen LogP contribution in [-0.4, -0.2) is 93.6 Å². The maximum atomic E-state index is 10.6. The molecule has 1 aromatic rings. The quantitative estimate of drug-likeness (QED) is 0.692. The summed E-state index contributed by atoms with van der Waals surface area (Å²) in [5.74, 6) is -0.0872. The van der Waals surface area contributed by atoms with Gasteiger partial charge in [0.25, 0.3) is 0 Å². The number of carboxylic acid groups (broad SMARTS) is 1. The van der Waals surface area contributed by atoms with E-state index >= 15 is 0 Å². The second-order valence-electron chi connectivity index (χ2n) is 3.45. The Hall–Kier alpha value is 0.0164. The molecule has 1 saturated heterocycles. The molecule has 2 N–H and O–H groups in total. The van der Waals surface area contributed by atoms with Crippen LogP contribution in [0.3, 0.4) is 0 Å². The number of hydrogen-bond acceptors (Lipinski definition) is 4. The first kappa shape index (κ1) is 14.1. The minimum absolute atomic E-state index is 0. The molecule has 0 saturated carbocycles. The third-order valence-corrected chi connectivity index (χ3v) is 2.44. The first-order valence-electron chi connectivity index (χ1n) is 4.92. The Labute approximate surface area is 137 Å². The third kappa shape index (κ3) is 3.51. The van der Waals surface area contributed by atoms with Gasteiger partial charge in [-0.3, -0.25) is 0 Å². The molecule has 82 valence electrons. The Kier molecular flexibility index (Phi) is 5.88. The number of anilines is 1. The van der Waals surface area contributed by atoms with Crippen LogP contribution >= 0.6 is 0 Å². The first-order chi connectivity index (χ1) is 7.27. The molecule has 0 amide bonds. The normalized spacial score (nSPS) is 15.4. The fourth-order valence-electron chi connectivity index (χ4n) is 1.59. The SMILES string of the molecule is O=C(O)c1ccc(N2CCNCC2)nc1.[KH]. The second kappa shape index (κ2) is 6.68. The molecular formula is C10H14KN3O2. The van der Waals surface area contributed by atoms with E-state index in [9.17, 15) is 4.79 Å². The van der Waals surface area contributed by atoms with E-state index in [1.54, 1.807) is 12.1 Å². The minimum atomic E-state index is -0.936. The van der Waals surface area contributed by atoms with Crippen LogP contribution in [0.5, 0.6) is 0 Å². The molecule has 1 aliphatic heterocycles. The fourth-order valence-corrected chi connectivity index (χ4v) is 1.59. The van der Waals surface area contributed by atoms with E-state index < -0.39 is 5.97 Å². The number of nitrogens with one attached hydrogen (secondary N) is 1. The molecule has 0 spiro atoms. The number of carboxylic acids is 1. The van der Waals surface area contributed by atoms with E-state index in [1.165, 1.54) is 6.20 Å². The molecule has 6 heteroatoms. The van der Waals surface area contributed by atoms with Crippen molar-refractivity contribution < 1.29 is 9.90 Å². The van der Waals surface area contributed by atoms with Crippen molar-refractivity contribution in [2.75, 3.05) is 31.1 Å². The summed E-state index contributed by atoms with van der Waals surface area (Å²) in [5.41, 5.74) is 0.230. The van der Waals surface area contributed by atoms with Gasteiger partial charge >= 0.3 is 57.4 Å². The molecule has 0 bridgehead atoms. The van der Waals surface area contributed by atoms with Crippen LogP contribution in [0.4, 0.5) is 5.82 Å². The van der Waals surface area contributed by atoms with Crippen molar-refractivity contribution in [1.82, 2.24) is 10.3 Å². The number of piperazine rings is 1. The topological polar surface area (TPSA) is 65.5 Å². The van der Waals surface area contributed by atoms with Gasteiger partial charge in [-0.15, -0.1) is 0 Å². The second-order valence-corrected chi connectivity index (χ2v) is 3.45. The molecule has 1 fully saturated rings. The molecule has 1 aromatic heterocycles. The zero-order valence-corrected chi connectivity index (χ0v) is 8.31. The Morgan fingerprint density at radius 3 is 2.56 bits per heavy atom. The zero-order valence-electron chi connectivity index (χ0n) is 8.31. The number of rotatable bonds is 2. The van der Waals surface area contributed by atoms with Crippen LogP contribution in [-0.2, 0) is 0 Å². The molecule has 5 nitrogen and oxygen atoms in total. The van der Waals surface area contributed by atoms with Gasteiger partial charge < -0.3 is 15.3 Å². The van der Waals surface area contributed by atoms with E-state index in [-0.39, 0.29) is 56.9 Å². The van der Waals surface area contributed by atoms with Crippen molar-refractivity contribution in [1.29, 1.82) is 0 Å². The summed E-state index contributed by atoms with van der Waals surface area (Å²) >= 11 is 0. The number of pyridine rings is 1. The summed E-state index contributed by atoms with van der Waals surface area (Å²) in [6.07, 6.45) is 1.40. The molecule has 1 aliphatic rings. The van der Waals surface area contributed by atoms with Crippen LogP contribution in [0.2, 0.25) is 0 Å². The van der Waals surface area contributed by atoms with Gasteiger partial charge in [0.2, 0.25) is 0 Å². The maximum absolute atomic E-state index is 10.6. The average Bonchev–Trinajstić information content (AvgIpc) is 2.30.